The number of carbonyl (C=O) groups is 1. The summed E-state index contributed by atoms with van der Waals surface area (Å²) in [5, 5.41) is 9.98. The summed E-state index contributed by atoms with van der Waals surface area (Å²) in [7, 11) is 4.53. The Labute approximate surface area is 248 Å². The van der Waals surface area contributed by atoms with Crippen molar-refractivity contribution in [3.8, 4) is 23.0 Å². The Kier molecular flexibility index (Phi) is 10.4. The quantitative estimate of drug-likeness (QED) is 0.234. The second-order valence-corrected chi connectivity index (χ2v) is 10.6. The number of ether oxygens (including phenoxy) is 5. The minimum Gasteiger partial charge on any atom is -0.504 e. The molecular formula is C31H36N2O8S. The third-order valence-corrected chi connectivity index (χ3v) is 7.76. The van der Waals surface area contributed by atoms with Gasteiger partial charge in [0.25, 0.3) is 5.56 Å². The number of thiazole rings is 1. The van der Waals surface area contributed by atoms with E-state index in [0.29, 0.717) is 44.3 Å². The fourth-order valence-electron chi connectivity index (χ4n) is 4.64. The van der Waals surface area contributed by atoms with E-state index in [2.05, 4.69) is 11.9 Å². The highest BCUT2D eigenvalue weighted by atomic mass is 32.1. The molecule has 1 unspecified atom stereocenters. The smallest absolute Gasteiger partial charge is 0.338 e. The maximum atomic E-state index is 13.9. The number of methoxy groups -OCH3 is 3. The molecule has 42 heavy (non-hydrogen) atoms. The predicted octanol–water partition coefficient (Wildman–Crippen LogP) is 3.72. The minimum atomic E-state index is -0.823. The molecule has 0 spiro atoms. The highest BCUT2D eigenvalue weighted by Gasteiger charge is 2.34. The van der Waals surface area contributed by atoms with Crippen LogP contribution < -0.4 is 29.1 Å². The molecule has 0 saturated carbocycles. The zero-order chi connectivity index (χ0) is 30.2. The number of esters is 1. The standard InChI is InChI=1S/C31H36N2O8S/c1-6-7-8-13-40-23-12-10-21(18-25(23)39-5)28-27(30(36)41-15-14-37-3)19(2)32-31-33(28)29(35)26(42-31)17-20-9-11-22(34)24(16-20)38-4/h9-12,16-18,28,34H,6-8,13-15H2,1-5H3. The molecule has 3 aromatic rings. The number of aromatic nitrogens is 1. The molecule has 2 aromatic carbocycles. The maximum Gasteiger partial charge on any atom is 0.338 e. The molecule has 1 N–H and O–H groups in total. The van der Waals surface area contributed by atoms with E-state index in [1.165, 1.54) is 36.2 Å². The van der Waals surface area contributed by atoms with Crippen LogP contribution in [-0.2, 0) is 14.3 Å². The number of nitrogens with zero attached hydrogens (tertiary/aromatic N) is 2. The Bertz CT molecular complexity index is 1640. The van der Waals surface area contributed by atoms with Crippen molar-refractivity contribution in [1.29, 1.82) is 0 Å². The summed E-state index contributed by atoms with van der Waals surface area (Å²) < 4.78 is 29.3. The van der Waals surface area contributed by atoms with Crippen molar-refractivity contribution in [1.82, 2.24) is 4.57 Å². The normalized spacial score (nSPS) is 14.8. The molecule has 224 valence electrons. The van der Waals surface area contributed by atoms with Crippen LogP contribution in [0.4, 0.5) is 0 Å². The van der Waals surface area contributed by atoms with Gasteiger partial charge in [0.1, 0.15) is 6.61 Å². The van der Waals surface area contributed by atoms with E-state index in [9.17, 15) is 14.7 Å². The number of rotatable bonds is 13. The van der Waals surface area contributed by atoms with Crippen molar-refractivity contribution < 1.29 is 33.6 Å². The van der Waals surface area contributed by atoms with E-state index >= 15 is 0 Å². The van der Waals surface area contributed by atoms with Gasteiger partial charge in [-0.25, -0.2) is 9.79 Å². The highest BCUT2D eigenvalue weighted by molar-refractivity contribution is 7.07. The average molecular weight is 597 g/mol. The number of benzene rings is 2. The van der Waals surface area contributed by atoms with Gasteiger partial charge in [0, 0.05) is 7.11 Å². The first-order valence-electron chi connectivity index (χ1n) is 13.7. The Balaban J connectivity index is 1.84. The SMILES string of the molecule is CCCCCOc1ccc(C2C(C(=O)OCCOC)=C(C)N=c3sc(=Cc4ccc(O)c(OC)c4)c(=O)n32)cc1OC. The van der Waals surface area contributed by atoms with E-state index in [-0.39, 0.29) is 35.8 Å². The Morgan fingerprint density at radius 3 is 2.52 bits per heavy atom. The molecule has 1 atom stereocenters. The van der Waals surface area contributed by atoms with Crippen molar-refractivity contribution in [3.05, 3.63) is 78.5 Å². The molecule has 0 fully saturated rings. The molecule has 1 aliphatic rings. The zero-order valence-electron chi connectivity index (χ0n) is 24.5. The molecule has 2 heterocycles. The average Bonchev–Trinajstić information content (AvgIpc) is 3.29. The number of phenols is 1. The number of unbranched alkanes of at least 4 members (excludes halogenated alkanes) is 2. The van der Waals surface area contributed by atoms with Crippen molar-refractivity contribution >= 4 is 23.4 Å². The van der Waals surface area contributed by atoms with Gasteiger partial charge in [0.15, 0.2) is 27.8 Å². The number of phenolic OH excluding ortho intramolecular Hbond substituents is 1. The molecule has 0 saturated heterocycles. The Hall–Kier alpha value is -4.09. The number of carbonyl (C=O) groups excluding carboxylic acids is 1. The van der Waals surface area contributed by atoms with Gasteiger partial charge in [-0.2, -0.15) is 0 Å². The molecule has 10 nitrogen and oxygen atoms in total. The summed E-state index contributed by atoms with van der Waals surface area (Å²) in [6, 6.07) is 9.40. The molecule has 0 aliphatic carbocycles. The number of hydrogen-bond donors (Lipinski definition) is 1. The Morgan fingerprint density at radius 2 is 1.81 bits per heavy atom. The van der Waals surface area contributed by atoms with Crippen molar-refractivity contribution in [2.24, 2.45) is 4.99 Å². The lowest BCUT2D eigenvalue weighted by atomic mass is 9.95. The highest BCUT2D eigenvalue weighted by Crippen LogP contribution is 2.36. The molecule has 1 aliphatic heterocycles. The summed E-state index contributed by atoms with van der Waals surface area (Å²) in [4.78, 5) is 32.4. The number of hydrogen-bond acceptors (Lipinski definition) is 10. The van der Waals surface area contributed by atoms with Gasteiger partial charge in [-0.05, 0) is 54.8 Å². The van der Waals surface area contributed by atoms with E-state index < -0.39 is 12.0 Å². The van der Waals surface area contributed by atoms with Crippen molar-refractivity contribution in [2.75, 3.05) is 41.2 Å². The van der Waals surface area contributed by atoms with Crippen LogP contribution in [0.5, 0.6) is 23.0 Å². The topological polar surface area (TPSA) is 118 Å². The molecule has 0 radical (unpaired) electrons. The largest absolute Gasteiger partial charge is 0.504 e. The Morgan fingerprint density at radius 1 is 1.02 bits per heavy atom. The van der Waals surface area contributed by atoms with Crippen LogP contribution in [0.1, 0.15) is 50.3 Å². The first kappa shape index (κ1) is 30.9. The van der Waals surface area contributed by atoms with Gasteiger partial charge in [0.2, 0.25) is 0 Å². The van der Waals surface area contributed by atoms with Gasteiger partial charge in [0.05, 0.1) is 49.3 Å². The van der Waals surface area contributed by atoms with Crippen LogP contribution in [0.25, 0.3) is 6.08 Å². The van der Waals surface area contributed by atoms with Gasteiger partial charge in [-0.15, -0.1) is 0 Å². The van der Waals surface area contributed by atoms with Crippen LogP contribution in [-0.4, -0.2) is 56.8 Å². The molecule has 4 rings (SSSR count). The van der Waals surface area contributed by atoms with Gasteiger partial charge in [-0.3, -0.25) is 9.36 Å². The van der Waals surface area contributed by atoms with Crippen LogP contribution in [0, 0.1) is 0 Å². The zero-order valence-corrected chi connectivity index (χ0v) is 25.3. The predicted molar refractivity (Wildman–Crippen MR) is 159 cm³/mol. The molecule has 0 amide bonds. The summed E-state index contributed by atoms with van der Waals surface area (Å²) >= 11 is 1.20. The third-order valence-electron chi connectivity index (χ3n) is 6.77. The maximum absolute atomic E-state index is 13.9. The van der Waals surface area contributed by atoms with Crippen LogP contribution in [0.2, 0.25) is 0 Å². The fraction of sp³-hybridized carbons (Fsp3) is 0.387. The number of fused-ring (bicyclic) bond motifs is 1. The van der Waals surface area contributed by atoms with Crippen molar-refractivity contribution in [2.45, 2.75) is 39.2 Å². The van der Waals surface area contributed by atoms with E-state index in [4.69, 9.17) is 23.7 Å². The summed E-state index contributed by atoms with van der Waals surface area (Å²) in [5.41, 5.74) is 1.66. The van der Waals surface area contributed by atoms with Gasteiger partial charge in [-0.1, -0.05) is 43.2 Å². The van der Waals surface area contributed by atoms with E-state index in [0.717, 1.165) is 19.3 Å². The monoisotopic (exact) mass is 596 g/mol. The lowest BCUT2D eigenvalue weighted by Crippen LogP contribution is -2.40. The second-order valence-electron chi connectivity index (χ2n) is 9.61. The lowest BCUT2D eigenvalue weighted by Gasteiger charge is -2.25. The first-order valence-corrected chi connectivity index (χ1v) is 14.5. The summed E-state index contributed by atoms with van der Waals surface area (Å²) in [6.45, 7) is 4.70. The van der Waals surface area contributed by atoms with Crippen LogP contribution >= 0.6 is 11.3 Å². The van der Waals surface area contributed by atoms with E-state index in [1.807, 2.05) is 6.07 Å². The number of aromatic hydroxyl groups is 1. The van der Waals surface area contributed by atoms with E-state index in [1.54, 1.807) is 44.4 Å². The molecule has 1 aromatic heterocycles. The molecule has 11 heteroatoms. The summed E-state index contributed by atoms with van der Waals surface area (Å²) in [5.74, 6) is 0.764. The fourth-order valence-corrected chi connectivity index (χ4v) is 5.68. The van der Waals surface area contributed by atoms with Crippen LogP contribution in [0.15, 0.2) is 57.5 Å². The number of allylic oxidation sites excluding steroid dienone is 1. The minimum absolute atomic E-state index is 0.00454. The van der Waals surface area contributed by atoms with Crippen LogP contribution in [0.3, 0.4) is 0 Å². The van der Waals surface area contributed by atoms with Gasteiger partial charge >= 0.3 is 5.97 Å². The molecule has 0 bridgehead atoms. The molecular weight excluding hydrogens is 560 g/mol. The lowest BCUT2D eigenvalue weighted by molar-refractivity contribution is -0.140. The van der Waals surface area contributed by atoms with Gasteiger partial charge < -0.3 is 28.8 Å². The first-order chi connectivity index (χ1) is 20.3. The second kappa shape index (κ2) is 14.2. The third kappa shape index (κ3) is 6.69. The van der Waals surface area contributed by atoms with Crippen molar-refractivity contribution in [3.63, 3.8) is 0 Å². The summed E-state index contributed by atoms with van der Waals surface area (Å²) in [6.07, 6.45) is 4.76.